The van der Waals surface area contributed by atoms with Crippen LogP contribution in [0.5, 0.6) is 0 Å². The fraction of sp³-hybridized carbons (Fsp3) is 0.630. The van der Waals surface area contributed by atoms with Crippen molar-refractivity contribution in [2.24, 2.45) is 11.8 Å². The van der Waals surface area contributed by atoms with Gasteiger partial charge in [-0.25, -0.2) is 13.2 Å². The highest BCUT2D eigenvalue weighted by molar-refractivity contribution is 5.69. The van der Waals surface area contributed by atoms with Crippen LogP contribution in [0.4, 0.5) is 13.2 Å². The smallest absolute Gasteiger partial charge is 0.194 e. The summed E-state index contributed by atoms with van der Waals surface area (Å²) in [6.45, 7) is 2.27. The SMILES string of the molecule is CCCCCCCCCC1CCC(C2=CC=C(c3cc(F)c(F)c(F)c3)CC2)CC1. The van der Waals surface area contributed by atoms with Crippen molar-refractivity contribution < 1.29 is 13.2 Å². The third-order valence-corrected chi connectivity index (χ3v) is 7.12. The highest BCUT2D eigenvalue weighted by Gasteiger charge is 2.24. The van der Waals surface area contributed by atoms with Crippen LogP contribution in [-0.2, 0) is 0 Å². The van der Waals surface area contributed by atoms with Gasteiger partial charge in [0, 0.05) is 0 Å². The molecule has 0 saturated heterocycles. The maximum absolute atomic E-state index is 13.5. The number of hydrogen-bond donors (Lipinski definition) is 0. The number of hydrogen-bond acceptors (Lipinski definition) is 0. The minimum absolute atomic E-state index is 0.458. The monoisotopic (exact) mass is 418 g/mol. The molecule has 166 valence electrons. The van der Waals surface area contributed by atoms with Crippen molar-refractivity contribution in [1.29, 1.82) is 0 Å². The van der Waals surface area contributed by atoms with E-state index >= 15 is 0 Å². The summed E-state index contributed by atoms with van der Waals surface area (Å²) in [6.07, 6.45) is 22.2. The molecule has 0 amide bonds. The number of rotatable bonds is 10. The molecule has 1 fully saturated rings. The Bertz CT molecular complexity index is 715. The summed E-state index contributed by atoms with van der Waals surface area (Å²) in [6, 6.07) is 2.22. The summed E-state index contributed by atoms with van der Waals surface area (Å²) < 4.78 is 40.2. The predicted octanol–water partition coefficient (Wildman–Crippen LogP) is 9.15. The quantitative estimate of drug-likeness (QED) is 0.262. The highest BCUT2D eigenvalue weighted by atomic mass is 19.2. The van der Waals surface area contributed by atoms with Gasteiger partial charge in [0.05, 0.1) is 0 Å². The average molecular weight is 419 g/mol. The third-order valence-electron chi connectivity index (χ3n) is 7.12. The van der Waals surface area contributed by atoms with Crippen LogP contribution in [0.15, 0.2) is 29.9 Å². The second-order valence-corrected chi connectivity index (χ2v) is 9.32. The van der Waals surface area contributed by atoms with Gasteiger partial charge in [-0.05, 0) is 73.6 Å². The van der Waals surface area contributed by atoms with Crippen LogP contribution in [0.1, 0.15) is 102 Å². The molecule has 0 nitrogen and oxygen atoms in total. The first-order valence-corrected chi connectivity index (χ1v) is 12.1. The Balaban J connectivity index is 1.42. The second kappa shape index (κ2) is 11.8. The van der Waals surface area contributed by atoms with Gasteiger partial charge in [-0.1, -0.05) is 76.0 Å². The van der Waals surface area contributed by atoms with E-state index in [1.165, 1.54) is 82.6 Å². The lowest BCUT2D eigenvalue weighted by Gasteiger charge is -2.31. The lowest BCUT2D eigenvalue weighted by atomic mass is 9.74. The summed E-state index contributed by atoms with van der Waals surface area (Å²) >= 11 is 0. The first-order chi connectivity index (χ1) is 14.6. The summed E-state index contributed by atoms with van der Waals surface area (Å²) in [7, 11) is 0. The molecule has 0 spiro atoms. The Kier molecular flexibility index (Phi) is 9.08. The number of halogens is 3. The van der Waals surface area contributed by atoms with Crippen LogP contribution in [0, 0.1) is 29.3 Å². The molecular formula is C27H37F3. The molecule has 0 aliphatic heterocycles. The summed E-state index contributed by atoms with van der Waals surface area (Å²) in [5.74, 6) is -2.05. The maximum atomic E-state index is 13.5. The van der Waals surface area contributed by atoms with Crippen molar-refractivity contribution in [3.05, 3.63) is 52.9 Å². The molecule has 1 aromatic rings. The zero-order valence-electron chi connectivity index (χ0n) is 18.5. The molecule has 0 bridgehead atoms. The van der Waals surface area contributed by atoms with Crippen molar-refractivity contribution in [2.45, 2.75) is 96.8 Å². The van der Waals surface area contributed by atoms with Gasteiger partial charge < -0.3 is 0 Å². The predicted molar refractivity (Wildman–Crippen MR) is 120 cm³/mol. The van der Waals surface area contributed by atoms with Crippen LogP contribution < -0.4 is 0 Å². The van der Waals surface area contributed by atoms with Crippen LogP contribution in [0.25, 0.3) is 5.57 Å². The summed E-state index contributed by atoms with van der Waals surface area (Å²) in [5.41, 5.74) is 2.83. The second-order valence-electron chi connectivity index (χ2n) is 9.32. The molecule has 0 aromatic heterocycles. The minimum Gasteiger partial charge on any atom is -0.204 e. The number of allylic oxidation sites excluding steroid dienone is 4. The van der Waals surface area contributed by atoms with E-state index in [0.29, 0.717) is 11.5 Å². The molecule has 3 heteroatoms. The summed E-state index contributed by atoms with van der Waals surface area (Å²) in [4.78, 5) is 0. The van der Waals surface area contributed by atoms with Crippen LogP contribution >= 0.6 is 0 Å². The average Bonchev–Trinajstić information content (AvgIpc) is 2.77. The molecule has 0 heterocycles. The third kappa shape index (κ3) is 6.49. The van der Waals surface area contributed by atoms with Crippen molar-refractivity contribution in [3.63, 3.8) is 0 Å². The Labute approximate surface area is 180 Å². The first kappa shape index (κ1) is 23.2. The first-order valence-electron chi connectivity index (χ1n) is 12.1. The van der Waals surface area contributed by atoms with E-state index in [1.54, 1.807) is 0 Å². The zero-order valence-corrected chi connectivity index (χ0v) is 18.5. The Hall–Kier alpha value is -1.51. The van der Waals surface area contributed by atoms with Gasteiger partial charge in [0.25, 0.3) is 0 Å². The van der Waals surface area contributed by atoms with Crippen molar-refractivity contribution in [2.75, 3.05) is 0 Å². The normalized spacial score (nSPS) is 22.0. The van der Waals surface area contributed by atoms with E-state index in [9.17, 15) is 13.2 Å². The molecule has 0 radical (unpaired) electrons. The topological polar surface area (TPSA) is 0 Å². The molecule has 2 aliphatic carbocycles. The van der Waals surface area contributed by atoms with E-state index in [-0.39, 0.29) is 0 Å². The molecule has 0 unspecified atom stereocenters. The van der Waals surface area contributed by atoms with Crippen molar-refractivity contribution in [1.82, 2.24) is 0 Å². The van der Waals surface area contributed by atoms with E-state index in [0.717, 1.165) is 36.5 Å². The zero-order chi connectivity index (χ0) is 21.3. The van der Waals surface area contributed by atoms with Crippen molar-refractivity contribution >= 4 is 5.57 Å². The van der Waals surface area contributed by atoms with Gasteiger partial charge in [0.2, 0.25) is 0 Å². The highest BCUT2D eigenvalue weighted by Crippen LogP contribution is 2.40. The van der Waals surface area contributed by atoms with Crippen LogP contribution in [-0.4, -0.2) is 0 Å². The van der Waals surface area contributed by atoms with Crippen LogP contribution in [0.2, 0.25) is 0 Å². The van der Waals surface area contributed by atoms with Gasteiger partial charge in [0.15, 0.2) is 17.5 Å². The molecule has 2 aliphatic rings. The van der Waals surface area contributed by atoms with E-state index in [1.807, 2.05) is 6.08 Å². The van der Waals surface area contributed by atoms with Gasteiger partial charge in [-0.3, -0.25) is 0 Å². The molecule has 0 N–H and O–H groups in total. The standard InChI is InChI=1S/C27H37F3/c1-2-3-4-5-6-7-8-9-20-10-12-21(13-11-20)22-14-16-23(17-15-22)24-18-25(28)27(30)26(29)19-24/h14,16,18-21H,2-13,15,17H2,1H3. The minimum atomic E-state index is -1.39. The largest absolute Gasteiger partial charge is 0.204 e. The molecule has 30 heavy (non-hydrogen) atoms. The lowest BCUT2D eigenvalue weighted by molar-refractivity contribution is 0.278. The molecule has 1 saturated carbocycles. The Morgan fingerprint density at radius 1 is 0.767 bits per heavy atom. The number of benzene rings is 1. The molecule has 3 rings (SSSR count). The lowest BCUT2D eigenvalue weighted by Crippen LogP contribution is -2.17. The fourth-order valence-electron chi connectivity index (χ4n) is 5.19. The van der Waals surface area contributed by atoms with Crippen LogP contribution in [0.3, 0.4) is 0 Å². The Morgan fingerprint density at radius 2 is 1.40 bits per heavy atom. The molecular weight excluding hydrogens is 381 g/mol. The van der Waals surface area contributed by atoms with E-state index in [4.69, 9.17) is 0 Å². The fourth-order valence-corrected chi connectivity index (χ4v) is 5.19. The van der Waals surface area contributed by atoms with Gasteiger partial charge >= 0.3 is 0 Å². The van der Waals surface area contributed by atoms with Gasteiger partial charge in [-0.15, -0.1) is 0 Å². The van der Waals surface area contributed by atoms with Gasteiger partial charge in [0.1, 0.15) is 0 Å². The van der Waals surface area contributed by atoms with E-state index < -0.39 is 17.5 Å². The van der Waals surface area contributed by atoms with E-state index in [2.05, 4.69) is 13.0 Å². The Morgan fingerprint density at radius 3 is 2.00 bits per heavy atom. The number of unbranched alkanes of at least 4 members (excludes halogenated alkanes) is 6. The maximum Gasteiger partial charge on any atom is 0.194 e. The molecule has 1 aromatic carbocycles. The molecule has 0 atom stereocenters. The van der Waals surface area contributed by atoms with Crippen molar-refractivity contribution in [3.8, 4) is 0 Å². The van der Waals surface area contributed by atoms with Gasteiger partial charge in [-0.2, -0.15) is 0 Å². The summed E-state index contributed by atoms with van der Waals surface area (Å²) in [5, 5.41) is 0.